The van der Waals surface area contributed by atoms with Crippen molar-refractivity contribution >= 4 is 11.9 Å². The molecule has 1 aliphatic rings. The van der Waals surface area contributed by atoms with Gasteiger partial charge in [-0.2, -0.15) is 13.2 Å². The van der Waals surface area contributed by atoms with Crippen molar-refractivity contribution in [3.8, 4) is 0 Å². The smallest absolute Gasteiger partial charge is 0.343 e. The van der Waals surface area contributed by atoms with Gasteiger partial charge in [0.2, 0.25) is 11.9 Å². The topological polar surface area (TPSA) is 58.1 Å². The zero-order valence-electron chi connectivity index (χ0n) is 11.7. The van der Waals surface area contributed by atoms with Crippen LogP contribution in [-0.2, 0) is 11.0 Å². The quantitative estimate of drug-likeness (QED) is 0.931. The predicted octanol–water partition coefficient (Wildman–Crippen LogP) is 2.31. The molecule has 2 heterocycles. The van der Waals surface area contributed by atoms with Gasteiger partial charge < -0.3 is 10.2 Å². The van der Waals surface area contributed by atoms with Gasteiger partial charge in [0.05, 0.1) is 0 Å². The van der Waals surface area contributed by atoms with Crippen molar-refractivity contribution in [2.45, 2.75) is 38.4 Å². The first-order valence-electron chi connectivity index (χ1n) is 6.83. The lowest BCUT2D eigenvalue weighted by atomic mass is 10.1. The van der Waals surface area contributed by atoms with E-state index < -0.39 is 17.9 Å². The van der Waals surface area contributed by atoms with Crippen LogP contribution in [0.15, 0.2) is 12.3 Å². The molecular weight excluding hydrogens is 285 g/mol. The molecule has 0 aliphatic carbocycles. The predicted molar refractivity (Wildman–Crippen MR) is 70.5 cm³/mol. The van der Waals surface area contributed by atoms with E-state index in [4.69, 9.17) is 0 Å². The van der Waals surface area contributed by atoms with E-state index in [1.165, 1.54) is 0 Å². The fraction of sp³-hybridized carbons (Fsp3) is 0.615. The Bertz CT molecular complexity index is 500. The lowest BCUT2D eigenvalue weighted by molar-refractivity contribution is -0.141. The second-order valence-electron chi connectivity index (χ2n) is 5.02. The highest BCUT2D eigenvalue weighted by Gasteiger charge is 2.33. The van der Waals surface area contributed by atoms with Crippen LogP contribution < -0.4 is 5.32 Å². The first-order valence-corrected chi connectivity index (χ1v) is 6.83. The molecular formula is C13H17F3N4O. The van der Waals surface area contributed by atoms with Crippen molar-refractivity contribution in [3.05, 3.63) is 18.0 Å². The van der Waals surface area contributed by atoms with Crippen LogP contribution in [0.5, 0.6) is 0 Å². The third kappa shape index (κ3) is 4.05. The molecule has 0 spiro atoms. The molecule has 1 saturated heterocycles. The maximum absolute atomic E-state index is 12.6. The number of amides is 1. The molecule has 1 N–H and O–H groups in total. The van der Waals surface area contributed by atoms with Crippen molar-refractivity contribution in [1.29, 1.82) is 0 Å². The van der Waals surface area contributed by atoms with E-state index in [0.717, 1.165) is 31.5 Å². The Morgan fingerprint density at radius 1 is 1.33 bits per heavy atom. The summed E-state index contributed by atoms with van der Waals surface area (Å²) in [6.07, 6.45) is -0.491. The molecule has 1 unspecified atom stereocenters. The Balaban J connectivity index is 2.02. The highest BCUT2D eigenvalue weighted by molar-refractivity contribution is 5.83. The molecule has 21 heavy (non-hydrogen) atoms. The number of anilines is 1. The molecule has 1 aromatic rings. The van der Waals surface area contributed by atoms with E-state index >= 15 is 0 Å². The van der Waals surface area contributed by atoms with Gasteiger partial charge in [-0.15, -0.1) is 0 Å². The summed E-state index contributed by atoms with van der Waals surface area (Å²) in [4.78, 5) is 21.0. The number of aromatic nitrogens is 2. The fourth-order valence-corrected chi connectivity index (χ4v) is 2.23. The molecule has 0 radical (unpaired) electrons. The van der Waals surface area contributed by atoms with E-state index in [9.17, 15) is 18.0 Å². The molecule has 0 aromatic carbocycles. The van der Waals surface area contributed by atoms with Crippen molar-refractivity contribution in [1.82, 2.24) is 14.9 Å². The summed E-state index contributed by atoms with van der Waals surface area (Å²) in [5.41, 5.74) is -1.03. The maximum atomic E-state index is 12.6. The Kier molecular flexibility index (Phi) is 4.64. The molecule has 1 amide bonds. The highest BCUT2D eigenvalue weighted by Crippen LogP contribution is 2.27. The highest BCUT2D eigenvalue weighted by atomic mass is 19.4. The van der Waals surface area contributed by atoms with Crippen LogP contribution in [0.2, 0.25) is 0 Å². The van der Waals surface area contributed by atoms with Crippen LogP contribution in [0.1, 0.15) is 31.9 Å². The molecule has 1 aromatic heterocycles. The molecule has 1 aliphatic heterocycles. The van der Waals surface area contributed by atoms with Crippen LogP contribution in [0.4, 0.5) is 19.1 Å². The van der Waals surface area contributed by atoms with Gasteiger partial charge in [0.1, 0.15) is 11.7 Å². The minimum Gasteiger partial charge on any atom is -0.343 e. The molecule has 116 valence electrons. The lowest BCUT2D eigenvalue weighted by Crippen LogP contribution is -2.44. The Morgan fingerprint density at radius 3 is 2.62 bits per heavy atom. The summed E-state index contributed by atoms with van der Waals surface area (Å²) in [6.45, 7) is 2.98. The van der Waals surface area contributed by atoms with Gasteiger partial charge in [0.15, 0.2) is 0 Å². The number of carbonyl (C=O) groups is 1. The van der Waals surface area contributed by atoms with Crippen molar-refractivity contribution in [2.24, 2.45) is 0 Å². The number of alkyl halides is 3. The van der Waals surface area contributed by atoms with E-state index in [-0.39, 0.29) is 11.9 Å². The molecule has 5 nitrogen and oxygen atoms in total. The molecule has 8 heteroatoms. The Hall–Kier alpha value is -1.86. The van der Waals surface area contributed by atoms with E-state index in [0.29, 0.717) is 13.1 Å². The van der Waals surface area contributed by atoms with Crippen LogP contribution >= 0.6 is 0 Å². The fourth-order valence-electron chi connectivity index (χ4n) is 2.23. The number of rotatable bonds is 3. The number of carbonyl (C=O) groups excluding carboxylic acids is 1. The van der Waals surface area contributed by atoms with Crippen LogP contribution in [0, 0.1) is 0 Å². The van der Waals surface area contributed by atoms with Crippen molar-refractivity contribution < 1.29 is 18.0 Å². The average Bonchev–Trinajstić information content (AvgIpc) is 2.47. The van der Waals surface area contributed by atoms with E-state index in [2.05, 4.69) is 15.3 Å². The van der Waals surface area contributed by atoms with Gasteiger partial charge in [-0.25, -0.2) is 9.97 Å². The zero-order chi connectivity index (χ0) is 15.5. The average molecular weight is 302 g/mol. The summed E-state index contributed by atoms with van der Waals surface area (Å²) >= 11 is 0. The van der Waals surface area contributed by atoms with Crippen molar-refractivity contribution in [2.75, 3.05) is 18.4 Å². The van der Waals surface area contributed by atoms with Crippen LogP contribution in [-0.4, -0.2) is 39.9 Å². The number of piperidine rings is 1. The molecule has 0 bridgehead atoms. The summed E-state index contributed by atoms with van der Waals surface area (Å²) in [5, 5.41) is 2.64. The number of nitrogens with zero attached hydrogens (tertiary/aromatic N) is 3. The normalized spacial score (nSPS) is 17.4. The van der Waals surface area contributed by atoms with Crippen LogP contribution in [0.3, 0.4) is 0 Å². The number of halogens is 3. The Labute approximate surface area is 120 Å². The third-order valence-corrected chi connectivity index (χ3v) is 3.33. The SMILES string of the molecule is CC(Nc1nccc(C(F)(F)F)n1)C(=O)N1CCCCC1. The molecule has 2 rings (SSSR count). The molecule has 0 saturated carbocycles. The van der Waals surface area contributed by atoms with E-state index in [1.807, 2.05) is 0 Å². The second kappa shape index (κ2) is 6.28. The minimum absolute atomic E-state index is 0.143. The molecule has 1 atom stereocenters. The summed E-state index contributed by atoms with van der Waals surface area (Å²) in [6, 6.07) is 0.133. The van der Waals surface area contributed by atoms with Gasteiger partial charge in [-0.3, -0.25) is 4.79 Å². The van der Waals surface area contributed by atoms with Gasteiger partial charge in [0.25, 0.3) is 0 Å². The van der Waals surface area contributed by atoms with Gasteiger partial charge in [-0.05, 0) is 32.3 Å². The Morgan fingerprint density at radius 2 is 2.00 bits per heavy atom. The number of hydrogen-bond acceptors (Lipinski definition) is 4. The van der Waals surface area contributed by atoms with Crippen LogP contribution in [0.25, 0.3) is 0 Å². The standard InChI is InChI=1S/C13H17F3N4O/c1-9(11(21)20-7-3-2-4-8-20)18-12-17-6-5-10(19-12)13(14,15)16/h5-6,9H,2-4,7-8H2,1H3,(H,17,18,19). The summed E-state index contributed by atoms with van der Waals surface area (Å²) < 4.78 is 37.7. The summed E-state index contributed by atoms with van der Waals surface area (Å²) in [7, 11) is 0. The largest absolute Gasteiger partial charge is 0.433 e. The van der Waals surface area contributed by atoms with E-state index in [1.54, 1.807) is 11.8 Å². The van der Waals surface area contributed by atoms with Gasteiger partial charge in [0, 0.05) is 19.3 Å². The zero-order valence-corrected chi connectivity index (χ0v) is 11.7. The first-order chi connectivity index (χ1) is 9.88. The van der Waals surface area contributed by atoms with Gasteiger partial charge >= 0.3 is 6.18 Å². The maximum Gasteiger partial charge on any atom is 0.433 e. The number of hydrogen-bond donors (Lipinski definition) is 1. The van der Waals surface area contributed by atoms with Crippen molar-refractivity contribution in [3.63, 3.8) is 0 Å². The second-order valence-corrected chi connectivity index (χ2v) is 5.02. The monoisotopic (exact) mass is 302 g/mol. The third-order valence-electron chi connectivity index (χ3n) is 3.33. The molecule has 1 fully saturated rings. The number of likely N-dealkylation sites (tertiary alicyclic amines) is 1. The minimum atomic E-state index is -4.53. The lowest BCUT2D eigenvalue weighted by Gasteiger charge is -2.29. The number of nitrogens with one attached hydrogen (secondary N) is 1. The first kappa shape index (κ1) is 15.5. The summed E-state index contributed by atoms with van der Waals surface area (Å²) in [5.74, 6) is -0.335. The van der Waals surface area contributed by atoms with Gasteiger partial charge in [-0.1, -0.05) is 0 Å².